The minimum absolute atomic E-state index is 0.135. The van der Waals surface area contributed by atoms with Gasteiger partial charge >= 0.3 is 6.09 Å². The predicted molar refractivity (Wildman–Crippen MR) is 162 cm³/mol. The Bertz CT molecular complexity index is 1170. The van der Waals surface area contributed by atoms with Gasteiger partial charge in [-0.15, -0.1) is 0 Å². The Kier molecular flexibility index (Phi) is 11.1. The van der Waals surface area contributed by atoms with Crippen molar-refractivity contribution in [2.24, 2.45) is 0 Å². The van der Waals surface area contributed by atoms with Crippen LogP contribution < -0.4 is 15.4 Å². The van der Waals surface area contributed by atoms with Crippen LogP contribution in [0.25, 0.3) is 6.08 Å². The van der Waals surface area contributed by atoms with Crippen LogP contribution in [0.1, 0.15) is 63.6 Å². The lowest BCUT2D eigenvalue weighted by Gasteiger charge is -2.43. The molecule has 1 saturated carbocycles. The number of rotatable bonds is 12. The number of carbonyl (C=O) groups is 3. The summed E-state index contributed by atoms with van der Waals surface area (Å²) < 4.78 is 10.7. The summed E-state index contributed by atoms with van der Waals surface area (Å²) in [6.07, 6.45) is 5.92. The molecule has 216 valence electrons. The second-order valence-electron chi connectivity index (χ2n) is 10.8. The van der Waals surface area contributed by atoms with Gasteiger partial charge < -0.3 is 25.0 Å². The van der Waals surface area contributed by atoms with Crippen LogP contribution in [0, 0.1) is 0 Å². The van der Waals surface area contributed by atoms with Gasteiger partial charge in [0.1, 0.15) is 23.4 Å². The van der Waals surface area contributed by atoms with Gasteiger partial charge in [0.05, 0.1) is 7.11 Å². The van der Waals surface area contributed by atoms with Crippen LogP contribution in [0.5, 0.6) is 5.75 Å². The average molecular weight is 568 g/mol. The normalized spacial score (nSPS) is 14.7. The second-order valence-corrected chi connectivity index (χ2v) is 11.8. The Balaban J connectivity index is 2.02. The first-order valence-electron chi connectivity index (χ1n) is 13.5. The smallest absolute Gasteiger partial charge is 0.408 e. The van der Waals surface area contributed by atoms with Crippen LogP contribution in [-0.2, 0) is 14.3 Å². The van der Waals surface area contributed by atoms with Crippen LogP contribution >= 0.6 is 11.8 Å². The third-order valence-electron chi connectivity index (χ3n) is 6.67. The number of amides is 3. The van der Waals surface area contributed by atoms with E-state index in [2.05, 4.69) is 17.2 Å². The number of benzene rings is 2. The van der Waals surface area contributed by atoms with Crippen molar-refractivity contribution in [3.63, 3.8) is 0 Å². The molecule has 2 N–H and O–H groups in total. The van der Waals surface area contributed by atoms with Crippen molar-refractivity contribution in [3.05, 3.63) is 66.2 Å². The molecular weight excluding hydrogens is 526 g/mol. The van der Waals surface area contributed by atoms with Crippen molar-refractivity contribution in [1.29, 1.82) is 0 Å². The van der Waals surface area contributed by atoms with Crippen LogP contribution in [0.2, 0.25) is 0 Å². The second kappa shape index (κ2) is 14.3. The van der Waals surface area contributed by atoms with Gasteiger partial charge in [-0.3, -0.25) is 9.59 Å². The number of nitrogens with zero attached hydrogens (tertiary/aromatic N) is 1. The fourth-order valence-electron chi connectivity index (χ4n) is 4.49. The lowest BCUT2D eigenvalue weighted by atomic mass is 9.87. The van der Waals surface area contributed by atoms with Crippen molar-refractivity contribution in [1.82, 2.24) is 10.2 Å². The quantitative estimate of drug-likeness (QED) is 0.324. The van der Waals surface area contributed by atoms with Gasteiger partial charge in [0.2, 0.25) is 5.91 Å². The third kappa shape index (κ3) is 8.52. The SMILES string of the molecule is C=Cc1cccc(C(C(=O)Nc2ccc(OC)cc2)N(C(=O)C(CCSC)NC(=O)OC(C)(C)C)C2CCC2)c1. The van der Waals surface area contributed by atoms with Gasteiger partial charge in [0.15, 0.2) is 0 Å². The van der Waals surface area contributed by atoms with E-state index >= 15 is 0 Å². The number of methoxy groups -OCH3 is 1. The van der Waals surface area contributed by atoms with Gasteiger partial charge in [0, 0.05) is 11.7 Å². The molecule has 40 heavy (non-hydrogen) atoms. The molecule has 2 aromatic rings. The predicted octanol–water partition coefficient (Wildman–Crippen LogP) is 6.05. The van der Waals surface area contributed by atoms with Crippen molar-refractivity contribution < 1.29 is 23.9 Å². The molecule has 0 saturated heterocycles. The summed E-state index contributed by atoms with van der Waals surface area (Å²) in [6, 6.07) is 12.6. The van der Waals surface area contributed by atoms with Gasteiger partial charge in [-0.05, 0) is 99.9 Å². The molecule has 0 spiro atoms. The number of hydrogen-bond acceptors (Lipinski definition) is 6. The molecule has 3 rings (SSSR count). The minimum atomic E-state index is -0.919. The van der Waals surface area contributed by atoms with E-state index in [1.54, 1.807) is 74.9 Å². The largest absolute Gasteiger partial charge is 0.497 e. The molecule has 0 heterocycles. The molecule has 0 aromatic heterocycles. The van der Waals surface area contributed by atoms with Gasteiger partial charge in [-0.1, -0.05) is 30.9 Å². The summed E-state index contributed by atoms with van der Waals surface area (Å²) in [5.74, 6) is 0.680. The molecule has 8 nitrogen and oxygen atoms in total. The number of anilines is 1. The van der Waals surface area contributed by atoms with Crippen LogP contribution in [-0.4, -0.2) is 59.6 Å². The van der Waals surface area contributed by atoms with E-state index in [9.17, 15) is 14.4 Å². The number of alkyl carbamates (subject to hydrolysis) is 1. The highest BCUT2D eigenvalue weighted by Gasteiger charge is 2.42. The zero-order chi connectivity index (χ0) is 29.3. The maximum Gasteiger partial charge on any atom is 0.408 e. The first kappa shape index (κ1) is 31.1. The zero-order valence-electron chi connectivity index (χ0n) is 24.1. The minimum Gasteiger partial charge on any atom is -0.497 e. The fraction of sp³-hybridized carbons (Fsp3) is 0.452. The first-order valence-corrected chi connectivity index (χ1v) is 14.9. The molecule has 2 aromatic carbocycles. The van der Waals surface area contributed by atoms with Crippen LogP contribution in [0.3, 0.4) is 0 Å². The Morgan fingerprint density at radius 3 is 2.40 bits per heavy atom. The van der Waals surface area contributed by atoms with Crippen LogP contribution in [0.15, 0.2) is 55.1 Å². The highest BCUT2D eigenvalue weighted by atomic mass is 32.2. The maximum absolute atomic E-state index is 14.3. The highest BCUT2D eigenvalue weighted by Crippen LogP contribution is 2.35. The highest BCUT2D eigenvalue weighted by molar-refractivity contribution is 7.98. The summed E-state index contributed by atoms with van der Waals surface area (Å²) in [5.41, 5.74) is 1.38. The molecule has 0 radical (unpaired) electrons. The fourth-order valence-corrected chi connectivity index (χ4v) is 4.96. The molecule has 2 unspecified atom stereocenters. The Hall–Kier alpha value is -3.46. The molecule has 0 bridgehead atoms. The Labute approximate surface area is 241 Å². The van der Waals surface area contributed by atoms with Crippen LogP contribution in [0.4, 0.5) is 10.5 Å². The van der Waals surface area contributed by atoms with Crippen molar-refractivity contribution in [2.75, 3.05) is 24.4 Å². The number of hydrogen-bond donors (Lipinski definition) is 2. The number of nitrogens with one attached hydrogen (secondary N) is 2. The van der Waals surface area contributed by atoms with Crippen molar-refractivity contribution >= 4 is 41.4 Å². The van der Waals surface area contributed by atoms with Crippen molar-refractivity contribution in [3.8, 4) is 5.75 Å². The van der Waals surface area contributed by atoms with Gasteiger partial charge in [-0.25, -0.2) is 4.79 Å². The van der Waals surface area contributed by atoms with Crippen molar-refractivity contribution in [2.45, 2.75) is 70.2 Å². The Morgan fingerprint density at radius 1 is 1.15 bits per heavy atom. The van der Waals surface area contributed by atoms with Gasteiger partial charge in [0.25, 0.3) is 5.91 Å². The molecule has 1 aliphatic rings. The van der Waals surface area contributed by atoms with Gasteiger partial charge in [-0.2, -0.15) is 11.8 Å². The molecular formula is C31H41N3O5S. The molecule has 3 amide bonds. The summed E-state index contributed by atoms with van der Waals surface area (Å²) in [4.78, 5) is 42.8. The topological polar surface area (TPSA) is 97.0 Å². The van der Waals surface area contributed by atoms with E-state index in [0.717, 1.165) is 24.8 Å². The van der Waals surface area contributed by atoms with E-state index in [4.69, 9.17) is 9.47 Å². The summed E-state index contributed by atoms with van der Waals surface area (Å²) >= 11 is 1.58. The molecule has 9 heteroatoms. The zero-order valence-corrected chi connectivity index (χ0v) is 24.9. The third-order valence-corrected chi connectivity index (χ3v) is 7.31. The standard InChI is InChI=1S/C31H41N3O5S/c1-7-21-10-8-11-22(20-21)27(28(35)32-23-14-16-25(38-5)17-15-23)34(24-12-9-13-24)29(36)26(18-19-40-6)33-30(37)39-31(2,3)4/h7-8,10-11,14-17,20,24,26-27H,1,9,12-13,18-19H2,2-6H3,(H,32,35)(H,33,37). The summed E-state index contributed by atoms with van der Waals surface area (Å²) in [7, 11) is 1.58. The van der Waals surface area contributed by atoms with E-state index in [1.807, 2.05) is 30.5 Å². The number of ether oxygens (including phenoxy) is 2. The molecule has 2 atom stereocenters. The summed E-state index contributed by atoms with van der Waals surface area (Å²) in [6.45, 7) is 9.20. The average Bonchev–Trinajstić information content (AvgIpc) is 2.88. The number of thioether (sulfide) groups is 1. The maximum atomic E-state index is 14.3. The lowest BCUT2D eigenvalue weighted by Crippen LogP contribution is -2.57. The van der Waals surface area contributed by atoms with E-state index in [-0.39, 0.29) is 17.9 Å². The molecule has 0 aliphatic heterocycles. The van der Waals surface area contributed by atoms with E-state index in [1.165, 1.54) is 0 Å². The Morgan fingerprint density at radius 2 is 1.85 bits per heavy atom. The summed E-state index contributed by atoms with van der Waals surface area (Å²) in [5, 5.41) is 5.79. The number of carbonyl (C=O) groups excluding carboxylic acids is 3. The molecule has 1 aliphatic carbocycles. The lowest BCUT2D eigenvalue weighted by molar-refractivity contribution is -0.145. The molecule has 1 fully saturated rings. The van der Waals surface area contributed by atoms with E-state index < -0.39 is 23.8 Å². The van der Waals surface area contributed by atoms with E-state index in [0.29, 0.717) is 29.2 Å². The first-order chi connectivity index (χ1) is 19.1. The monoisotopic (exact) mass is 567 g/mol.